The summed E-state index contributed by atoms with van der Waals surface area (Å²) in [5.41, 5.74) is 6.21. The Kier molecular flexibility index (Phi) is 4.02. The maximum absolute atomic E-state index is 12.3. The fourth-order valence-corrected chi connectivity index (χ4v) is 1.83. The van der Waals surface area contributed by atoms with Gasteiger partial charge in [-0.2, -0.15) is 0 Å². The molecule has 0 aliphatic rings. The van der Waals surface area contributed by atoms with Crippen molar-refractivity contribution in [3.8, 4) is 0 Å². The van der Waals surface area contributed by atoms with E-state index in [2.05, 4.69) is 20.4 Å². The first-order valence-corrected chi connectivity index (χ1v) is 6.52. The average Bonchev–Trinajstić information content (AvgIpc) is 2.53. The van der Waals surface area contributed by atoms with Crippen LogP contribution >= 0.6 is 0 Å². The number of amides is 1. The number of carbonyl (C=O) groups excluding carboxylic acids is 1. The molecule has 1 amide bonds. The van der Waals surface area contributed by atoms with Gasteiger partial charge in [0.05, 0.1) is 22.8 Å². The van der Waals surface area contributed by atoms with Gasteiger partial charge in [-0.25, -0.2) is 4.98 Å². The lowest BCUT2D eigenvalue weighted by molar-refractivity contribution is 0.0920. The Morgan fingerprint density at radius 3 is 2.71 bits per heavy atom. The summed E-state index contributed by atoms with van der Waals surface area (Å²) in [6.45, 7) is 3.50. The first-order chi connectivity index (χ1) is 10.00. The van der Waals surface area contributed by atoms with E-state index in [1.807, 2.05) is 25.1 Å². The quantitative estimate of drug-likeness (QED) is 0.339. The van der Waals surface area contributed by atoms with Crippen LogP contribution in [0.3, 0.4) is 0 Å². The Morgan fingerprint density at radius 2 is 2.10 bits per heavy atom. The van der Waals surface area contributed by atoms with Crippen molar-refractivity contribution >= 4 is 22.8 Å². The molecule has 0 aliphatic heterocycles. The maximum Gasteiger partial charge on any atom is 0.272 e. The van der Waals surface area contributed by atoms with Crippen molar-refractivity contribution in [3.63, 3.8) is 0 Å². The molecule has 2 aromatic rings. The molecule has 110 valence electrons. The molecule has 1 unspecified atom stereocenters. The van der Waals surface area contributed by atoms with Crippen molar-refractivity contribution in [2.24, 2.45) is 10.9 Å². The molecule has 1 atom stereocenters. The van der Waals surface area contributed by atoms with Crippen molar-refractivity contribution in [2.75, 3.05) is 0 Å². The monoisotopic (exact) mass is 287 g/mol. The van der Waals surface area contributed by atoms with Gasteiger partial charge in [0, 0.05) is 0 Å². The zero-order valence-corrected chi connectivity index (χ0v) is 11.9. The summed E-state index contributed by atoms with van der Waals surface area (Å²) in [5, 5.41) is 14.5. The van der Waals surface area contributed by atoms with Gasteiger partial charge in [0.1, 0.15) is 5.69 Å². The number of hydrogen-bond donors (Lipinski definition) is 3. The minimum atomic E-state index is -0.945. The number of oxime groups is 1. The van der Waals surface area contributed by atoms with Crippen LogP contribution in [0, 0.1) is 0 Å². The molecule has 0 spiro atoms. The van der Waals surface area contributed by atoms with Gasteiger partial charge >= 0.3 is 0 Å². The van der Waals surface area contributed by atoms with Crippen LogP contribution in [-0.4, -0.2) is 32.5 Å². The van der Waals surface area contributed by atoms with E-state index in [4.69, 9.17) is 10.9 Å². The minimum absolute atomic E-state index is 0.0629. The van der Waals surface area contributed by atoms with Crippen molar-refractivity contribution in [1.82, 2.24) is 15.3 Å². The van der Waals surface area contributed by atoms with Gasteiger partial charge in [-0.1, -0.05) is 24.2 Å². The zero-order valence-electron chi connectivity index (χ0n) is 11.9. The third kappa shape index (κ3) is 2.91. The lowest BCUT2D eigenvalue weighted by Gasteiger charge is -2.27. The van der Waals surface area contributed by atoms with Crippen LogP contribution in [0.5, 0.6) is 0 Å². The number of rotatable bonds is 4. The normalized spacial score (nSPS) is 14.7. The Morgan fingerprint density at radius 1 is 1.43 bits per heavy atom. The van der Waals surface area contributed by atoms with Gasteiger partial charge in [-0.3, -0.25) is 9.78 Å². The van der Waals surface area contributed by atoms with Gasteiger partial charge in [0.25, 0.3) is 5.91 Å². The second-order valence-corrected chi connectivity index (χ2v) is 4.87. The maximum atomic E-state index is 12.3. The summed E-state index contributed by atoms with van der Waals surface area (Å²) >= 11 is 0. The number of carbonyl (C=O) groups is 1. The second-order valence-electron chi connectivity index (χ2n) is 4.87. The number of nitrogens with zero attached hydrogens (tertiary/aromatic N) is 3. The fraction of sp³-hybridized carbons (Fsp3) is 0.286. The number of fused-ring (bicyclic) bond motifs is 1. The largest absolute Gasteiger partial charge is 0.409 e. The fourth-order valence-electron chi connectivity index (χ4n) is 1.83. The third-order valence-corrected chi connectivity index (χ3v) is 3.45. The van der Waals surface area contributed by atoms with E-state index in [9.17, 15) is 4.79 Å². The molecule has 21 heavy (non-hydrogen) atoms. The van der Waals surface area contributed by atoms with E-state index in [0.29, 0.717) is 17.5 Å². The van der Waals surface area contributed by atoms with Crippen LogP contribution in [0.25, 0.3) is 11.0 Å². The van der Waals surface area contributed by atoms with Crippen molar-refractivity contribution < 1.29 is 10.0 Å². The molecule has 2 rings (SSSR count). The van der Waals surface area contributed by atoms with Gasteiger partial charge < -0.3 is 16.3 Å². The number of aromatic nitrogens is 2. The van der Waals surface area contributed by atoms with E-state index in [0.717, 1.165) is 0 Å². The summed E-state index contributed by atoms with van der Waals surface area (Å²) < 4.78 is 0. The molecular formula is C14H17N5O2. The lowest BCUT2D eigenvalue weighted by atomic mass is 9.97. The highest BCUT2D eigenvalue weighted by molar-refractivity contribution is 5.99. The van der Waals surface area contributed by atoms with Gasteiger partial charge in [0.15, 0.2) is 5.84 Å². The van der Waals surface area contributed by atoms with E-state index in [1.165, 1.54) is 6.20 Å². The number of para-hydroxylation sites is 2. The Hall–Kier alpha value is -2.70. The summed E-state index contributed by atoms with van der Waals surface area (Å²) in [5.74, 6) is -0.490. The molecule has 0 fully saturated rings. The summed E-state index contributed by atoms with van der Waals surface area (Å²) in [4.78, 5) is 20.7. The number of benzene rings is 1. The molecule has 0 saturated carbocycles. The van der Waals surface area contributed by atoms with E-state index in [1.54, 1.807) is 13.0 Å². The Bertz CT molecular complexity index is 701. The first-order valence-electron chi connectivity index (χ1n) is 6.52. The molecule has 1 aromatic heterocycles. The molecule has 0 saturated heterocycles. The molecule has 0 radical (unpaired) electrons. The predicted molar refractivity (Wildman–Crippen MR) is 79.1 cm³/mol. The molecule has 4 N–H and O–H groups in total. The summed E-state index contributed by atoms with van der Waals surface area (Å²) in [6.07, 6.45) is 1.87. The first kappa shape index (κ1) is 14.7. The van der Waals surface area contributed by atoms with Crippen LogP contribution in [0.4, 0.5) is 0 Å². The SMILES string of the molecule is CCC(C)(NC(=O)c1cnc2ccccc2n1)/C(N)=N/O. The molecule has 1 aromatic carbocycles. The summed E-state index contributed by atoms with van der Waals surface area (Å²) in [7, 11) is 0. The second kappa shape index (κ2) is 5.74. The number of hydrogen-bond acceptors (Lipinski definition) is 5. The molecule has 0 aliphatic carbocycles. The Labute approximate surface area is 121 Å². The number of nitrogens with two attached hydrogens (primary N) is 1. The van der Waals surface area contributed by atoms with Crippen LogP contribution in [0.2, 0.25) is 0 Å². The summed E-state index contributed by atoms with van der Waals surface area (Å²) in [6, 6.07) is 7.27. The van der Waals surface area contributed by atoms with Crippen LogP contribution < -0.4 is 11.1 Å². The highest BCUT2D eigenvalue weighted by atomic mass is 16.4. The smallest absolute Gasteiger partial charge is 0.272 e. The van der Waals surface area contributed by atoms with Crippen molar-refractivity contribution in [3.05, 3.63) is 36.2 Å². The average molecular weight is 287 g/mol. The van der Waals surface area contributed by atoms with Crippen LogP contribution in [0.1, 0.15) is 30.8 Å². The van der Waals surface area contributed by atoms with Crippen molar-refractivity contribution in [2.45, 2.75) is 25.8 Å². The highest BCUT2D eigenvalue weighted by Gasteiger charge is 2.30. The van der Waals surface area contributed by atoms with E-state index < -0.39 is 11.4 Å². The minimum Gasteiger partial charge on any atom is -0.409 e. The number of nitrogens with one attached hydrogen (secondary N) is 1. The van der Waals surface area contributed by atoms with Crippen molar-refractivity contribution in [1.29, 1.82) is 0 Å². The van der Waals surface area contributed by atoms with Gasteiger partial charge in [-0.15, -0.1) is 0 Å². The van der Waals surface area contributed by atoms with E-state index >= 15 is 0 Å². The molecule has 7 heteroatoms. The van der Waals surface area contributed by atoms with Gasteiger partial charge in [-0.05, 0) is 25.5 Å². The van der Waals surface area contributed by atoms with Crippen LogP contribution in [-0.2, 0) is 0 Å². The Balaban J connectivity index is 2.30. The highest BCUT2D eigenvalue weighted by Crippen LogP contribution is 2.12. The molecule has 1 heterocycles. The molecular weight excluding hydrogens is 270 g/mol. The molecule has 7 nitrogen and oxygen atoms in total. The standard InChI is InChI=1S/C14H17N5O2/c1-3-14(2,13(15)19-21)18-12(20)11-8-16-9-6-4-5-7-10(9)17-11/h4-8,21H,3H2,1-2H3,(H2,15,19)(H,18,20). The topological polar surface area (TPSA) is 113 Å². The third-order valence-electron chi connectivity index (χ3n) is 3.45. The lowest BCUT2D eigenvalue weighted by Crippen LogP contribution is -2.55. The molecule has 0 bridgehead atoms. The number of amidine groups is 1. The van der Waals surface area contributed by atoms with Crippen LogP contribution in [0.15, 0.2) is 35.6 Å². The predicted octanol–water partition coefficient (Wildman–Crippen LogP) is 1.27. The van der Waals surface area contributed by atoms with Gasteiger partial charge in [0.2, 0.25) is 0 Å². The van der Waals surface area contributed by atoms with E-state index in [-0.39, 0.29) is 11.5 Å². The zero-order chi connectivity index (χ0) is 15.5.